The van der Waals surface area contributed by atoms with Crippen LogP contribution in [-0.2, 0) is 20.2 Å². The first-order chi connectivity index (χ1) is 23.1. The molecule has 14 heteroatoms. The van der Waals surface area contributed by atoms with Crippen molar-refractivity contribution in [3.8, 4) is 17.2 Å². The van der Waals surface area contributed by atoms with Crippen LogP contribution in [0, 0.1) is 0 Å². The number of hydrogen-bond donors (Lipinski definition) is 3. The SMILES string of the molecule is COc1c(NC(=O)Nc2ccc(Oc3ccnc(C(=O)N4CCN(C(C)=O)CC4)c3)c3ccccc23)cc(C(C)(C)C)cc1NS(C)(=O)=O. The van der Waals surface area contributed by atoms with Crippen LogP contribution in [-0.4, -0.2) is 80.6 Å². The van der Waals surface area contributed by atoms with Crippen LogP contribution < -0.4 is 24.8 Å². The summed E-state index contributed by atoms with van der Waals surface area (Å²) in [7, 11) is -2.24. The molecule has 3 N–H and O–H groups in total. The number of rotatable bonds is 8. The Bertz CT molecular complexity index is 2020. The van der Waals surface area contributed by atoms with Gasteiger partial charge in [0.15, 0.2) is 5.75 Å². The van der Waals surface area contributed by atoms with Crippen LogP contribution in [0.4, 0.5) is 21.9 Å². The molecule has 1 aromatic heterocycles. The van der Waals surface area contributed by atoms with Gasteiger partial charge in [0, 0.05) is 56.1 Å². The van der Waals surface area contributed by atoms with Crippen molar-refractivity contribution in [2.24, 2.45) is 0 Å². The first-order valence-corrected chi connectivity index (χ1v) is 17.5. The Hall–Kier alpha value is -5.37. The third-order valence-corrected chi connectivity index (χ3v) is 8.62. The van der Waals surface area contributed by atoms with Gasteiger partial charge in [-0.05, 0) is 41.3 Å². The molecule has 49 heavy (non-hydrogen) atoms. The predicted molar refractivity (Wildman–Crippen MR) is 189 cm³/mol. The van der Waals surface area contributed by atoms with Gasteiger partial charge in [0.1, 0.15) is 17.2 Å². The zero-order valence-electron chi connectivity index (χ0n) is 28.3. The van der Waals surface area contributed by atoms with E-state index in [0.717, 1.165) is 11.8 Å². The molecule has 1 fully saturated rings. The number of anilines is 3. The Kier molecular flexibility index (Phi) is 9.99. The van der Waals surface area contributed by atoms with Crippen molar-refractivity contribution < 1.29 is 32.3 Å². The Labute approximate surface area is 285 Å². The molecule has 0 atom stereocenters. The molecule has 0 unspecified atom stereocenters. The van der Waals surface area contributed by atoms with Crippen LogP contribution >= 0.6 is 0 Å². The van der Waals surface area contributed by atoms with Crippen molar-refractivity contribution >= 4 is 55.7 Å². The zero-order chi connectivity index (χ0) is 35.5. The largest absolute Gasteiger partial charge is 0.492 e. The Morgan fingerprint density at radius 2 is 1.47 bits per heavy atom. The van der Waals surface area contributed by atoms with E-state index < -0.39 is 16.1 Å². The Morgan fingerprint density at radius 1 is 0.837 bits per heavy atom. The lowest BCUT2D eigenvalue weighted by Gasteiger charge is -2.34. The summed E-state index contributed by atoms with van der Waals surface area (Å²) in [5.74, 6) is 0.813. The van der Waals surface area contributed by atoms with E-state index in [-0.39, 0.29) is 40.0 Å². The van der Waals surface area contributed by atoms with Crippen molar-refractivity contribution in [1.29, 1.82) is 0 Å². The maximum Gasteiger partial charge on any atom is 0.323 e. The number of sulfonamides is 1. The summed E-state index contributed by atoms with van der Waals surface area (Å²) in [5, 5.41) is 7.10. The van der Waals surface area contributed by atoms with Crippen molar-refractivity contribution in [2.45, 2.75) is 33.1 Å². The average Bonchev–Trinajstić information content (AvgIpc) is 3.04. The van der Waals surface area contributed by atoms with Crippen LogP contribution in [0.25, 0.3) is 10.8 Å². The molecule has 13 nitrogen and oxygen atoms in total. The molecule has 1 aliphatic rings. The molecule has 2 heterocycles. The van der Waals surface area contributed by atoms with Crippen LogP contribution in [0.15, 0.2) is 66.9 Å². The highest BCUT2D eigenvalue weighted by atomic mass is 32.2. The van der Waals surface area contributed by atoms with E-state index in [1.165, 1.54) is 20.2 Å². The molecule has 4 amide bonds. The molecule has 0 aliphatic carbocycles. The van der Waals surface area contributed by atoms with E-state index in [9.17, 15) is 22.8 Å². The number of nitrogens with one attached hydrogen (secondary N) is 3. The van der Waals surface area contributed by atoms with Gasteiger partial charge in [-0.3, -0.25) is 19.3 Å². The number of methoxy groups -OCH3 is 1. The first-order valence-electron chi connectivity index (χ1n) is 15.6. The van der Waals surface area contributed by atoms with E-state index in [4.69, 9.17) is 9.47 Å². The van der Waals surface area contributed by atoms with Gasteiger partial charge in [0.25, 0.3) is 5.91 Å². The number of benzene rings is 3. The number of carbonyl (C=O) groups is 3. The lowest BCUT2D eigenvalue weighted by atomic mass is 9.86. The van der Waals surface area contributed by atoms with Crippen LogP contribution in [0.3, 0.4) is 0 Å². The van der Waals surface area contributed by atoms with E-state index in [1.807, 2.05) is 45.0 Å². The number of ether oxygens (including phenoxy) is 2. The number of amides is 4. The molecule has 258 valence electrons. The van der Waals surface area contributed by atoms with Gasteiger partial charge in [-0.1, -0.05) is 45.0 Å². The van der Waals surface area contributed by atoms with Gasteiger partial charge in [-0.15, -0.1) is 0 Å². The summed E-state index contributed by atoms with van der Waals surface area (Å²) in [4.78, 5) is 45.9. The minimum atomic E-state index is -3.64. The summed E-state index contributed by atoms with van der Waals surface area (Å²) in [5.41, 5.74) is 1.62. The number of nitrogens with zero attached hydrogens (tertiary/aromatic N) is 3. The zero-order valence-corrected chi connectivity index (χ0v) is 29.1. The highest BCUT2D eigenvalue weighted by Gasteiger charge is 2.25. The van der Waals surface area contributed by atoms with Crippen LogP contribution in [0.5, 0.6) is 17.2 Å². The maximum atomic E-state index is 13.4. The van der Waals surface area contributed by atoms with Gasteiger partial charge in [0.05, 0.1) is 30.4 Å². The molecule has 0 radical (unpaired) electrons. The van der Waals surface area contributed by atoms with E-state index in [2.05, 4.69) is 20.3 Å². The molecule has 3 aromatic carbocycles. The summed E-state index contributed by atoms with van der Waals surface area (Å²) in [6.07, 6.45) is 2.55. The third-order valence-electron chi connectivity index (χ3n) is 8.03. The highest BCUT2D eigenvalue weighted by molar-refractivity contribution is 7.92. The summed E-state index contributed by atoms with van der Waals surface area (Å²) in [6, 6.07) is 16.9. The fraction of sp³-hybridized carbons (Fsp3) is 0.314. The van der Waals surface area contributed by atoms with Gasteiger partial charge < -0.3 is 29.9 Å². The average molecular weight is 689 g/mol. The maximum absolute atomic E-state index is 13.4. The lowest BCUT2D eigenvalue weighted by molar-refractivity contribution is -0.130. The van der Waals surface area contributed by atoms with E-state index in [1.54, 1.807) is 46.2 Å². The number of hydrogen-bond acceptors (Lipinski definition) is 8. The summed E-state index contributed by atoms with van der Waals surface area (Å²) >= 11 is 0. The van der Waals surface area contributed by atoms with Crippen LogP contribution in [0.1, 0.15) is 43.7 Å². The number of pyridine rings is 1. The minimum Gasteiger partial charge on any atom is -0.492 e. The number of piperazine rings is 1. The molecule has 0 bridgehead atoms. The lowest BCUT2D eigenvalue weighted by Crippen LogP contribution is -2.50. The fourth-order valence-corrected chi connectivity index (χ4v) is 6.05. The van der Waals surface area contributed by atoms with Crippen molar-refractivity contribution in [3.05, 3.63) is 78.1 Å². The molecule has 0 saturated carbocycles. The van der Waals surface area contributed by atoms with Gasteiger partial charge in [-0.2, -0.15) is 0 Å². The third kappa shape index (κ3) is 8.38. The molecular weight excluding hydrogens is 648 g/mol. The number of fused-ring (bicyclic) bond motifs is 1. The topological polar surface area (TPSA) is 159 Å². The summed E-state index contributed by atoms with van der Waals surface area (Å²) < 4.78 is 38.5. The molecular formula is C35H40N6O7S. The molecule has 1 saturated heterocycles. The molecule has 1 aliphatic heterocycles. The van der Waals surface area contributed by atoms with Gasteiger partial charge >= 0.3 is 6.03 Å². The fourth-order valence-electron chi connectivity index (χ4n) is 5.50. The van der Waals surface area contributed by atoms with Crippen LogP contribution in [0.2, 0.25) is 0 Å². The predicted octanol–water partition coefficient (Wildman–Crippen LogP) is 5.65. The second kappa shape index (κ2) is 14.0. The Balaban J connectivity index is 1.37. The second-order valence-electron chi connectivity index (χ2n) is 12.7. The molecule has 0 spiro atoms. The smallest absolute Gasteiger partial charge is 0.323 e. The van der Waals surface area contributed by atoms with Crippen molar-refractivity contribution in [1.82, 2.24) is 14.8 Å². The van der Waals surface area contributed by atoms with Crippen molar-refractivity contribution in [2.75, 3.05) is 54.9 Å². The normalized spacial score (nSPS) is 13.5. The van der Waals surface area contributed by atoms with E-state index >= 15 is 0 Å². The van der Waals surface area contributed by atoms with Crippen molar-refractivity contribution in [3.63, 3.8) is 0 Å². The number of urea groups is 1. The molecule has 5 rings (SSSR count). The van der Waals surface area contributed by atoms with Gasteiger partial charge in [0.2, 0.25) is 15.9 Å². The second-order valence-corrected chi connectivity index (χ2v) is 14.5. The molecule has 4 aromatic rings. The quantitative estimate of drug-likeness (QED) is 0.214. The summed E-state index contributed by atoms with van der Waals surface area (Å²) in [6.45, 7) is 9.23. The highest BCUT2D eigenvalue weighted by Crippen LogP contribution is 2.40. The standard InChI is InChI=1S/C35H40N6O7S/c1-22(42)40-15-17-41(18-16-40)33(43)30-21-24(13-14-36-30)48-31-12-11-27(25-9-7-8-10-26(25)31)37-34(44)38-28-19-23(35(2,3)4)20-29(32(28)47-5)39-49(6,45)46/h7-14,19-21,39H,15-18H2,1-6H3,(H2,37,38,44). The number of carbonyl (C=O) groups excluding carboxylic acids is 3. The number of aromatic nitrogens is 1. The minimum absolute atomic E-state index is 0.0149. The van der Waals surface area contributed by atoms with Gasteiger partial charge in [-0.25, -0.2) is 13.2 Å². The van der Waals surface area contributed by atoms with E-state index in [0.29, 0.717) is 54.1 Å². The monoisotopic (exact) mass is 688 g/mol. The first kappa shape index (κ1) is 35.0. The Morgan fingerprint density at radius 3 is 2.10 bits per heavy atom.